The number of aromatic nitrogens is 2. The minimum absolute atomic E-state index is 0.141. The average Bonchev–Trinajstić information content (AvgIpc) is 3.08. The number of hydrogen-bond donors (Lipinski definition) is 1. The lowest BCUT2D eigenvalue weighted by molar-refractivity contribution is -0.128. The fraction of sp³-hybridized carbons (Fsp3) is 0.438. The van der Waals surface area contributed by atoms with Crippen LogP contribution in [0.3, 0.4) is 0 Å². The maximum atomic E-state index is 12.3. The third-order valence-electron chi connectivity index (χ3n) is 4.00. The predicted molar refractivity (Wildman–Crippen MR) is 88.2 cm³/mol. The van der Waals surface area contributed by atoms with E-state index in [4.69, 9.17) is 0 Å². The van der Waals surface area contributed by atoms with Gasteiger partial charge in [-0.15, -0.1) is 0 Å². The van der Waals surface area contributed by atoms with Crippen LogP contribution in [-0.4, -0.2) is 54.5 Å². The molecule has 1 aliphatic heterocycles. The average molecular weight is 299 g/mol. The van der Waals surface area contributed by atoms with E-state index in [0.717, 1.165) is 42.7 Å². The van der Waals surface area contributed by atoms with Crippen LogP contribution in [0.2, 0.25) is 0 Å². The summed E-state index contributed by atoms with van der Waals surface area (Å²) in [6.45, 7) is 2.04. The van der Waals surface area contributed by atoms with Crippen molar-refractivity contribution in [2.45, 2.75) is 12.8 Å². The monoisotopic (exact) mass is 299 g/mol. The van der Waals surface area contributed by atoms with Gasteiger partial charge in [-0.25, -0.2) is 4.98 Å². The zero-order valence-corrected chi connectivity index (χ0v) is 13.0. The summed E-state index contributed by atoms with van der Waals surface area (Å²) < 4.78 is 0. The van der Waals surface area contributed by atoms with Gasteiger partial charge in [0.15, 0.2) is 0 Å². The lowest BCUT2D eigenvalue weighted by Crippen LogP contribution is -2.37. The summed E-state index contributed by atoms with van der Waals surface area (Å²) in [5, 5.41) is 4.08. The molecule has 0 bridgehead atoms. The molecular weight excluding hydrogens is 278 g/mol. The number of likely N-dealkylation sites (tertiary alicyclic amines) is 1. The maximum Gasteiger partial charge on any atom is 0.242 e. The van der Waals surface area contributed by atoms with Crippen LogP contribution >= 0.6 is 0 Å². The lowest BCUT2D eigenvalue weighted by atomic mass is 10.2. The van der Waals surface area contributed by atoms with Crippen LogP contribution in [-0.2, 0) is 4.79 Å². The van der Waals surface area contributed by atoms with Gasteiger partial charge in [0.1, 0.15) is 5.82 Å². The fourth-order valence-electron chi connectivity index (χ4n) is 2.77. The molecule has 0 spiro atoms. The molecule has 0 radical (unpaired) electrons. The van der Waals surface area contributed by atoms with Gasteiger partial charge in [-0.2, -0.15) is 4.98 Å². The Hall–Kier alpha value is -2.37. The van der Waals surface area contributed by atoms with E-state index in [1.807, 2.05) is 48.2 Å². The van der Waals surface area contributed by atoms with Gasteiger partial charge in [0.05, 0.1) is 12.1 Å². The highest BCUT2D eigenvalue weighted by Crippen LogP contribution is 2.22. The van der Waals surface area contributed by atoms with Gasteiger partial charge >= 0.3 is 0 Å². The Morgan fingerprint density at radius 2 is 2.00 bits per heavy atom. The zero-order valence-electron chi connectivity index (χ0n) is 13.0. The van der Waals surface area contributed by atoms with Gasteiger partial charge in [-0.3, -0.25) is 4.79 Å². The second-order valence-corrected chi connectivity index (χ2v) is 5.58. The van der Waals surface area contributed by atoms with Crippen LogP contribution in [0.4, 0.5) is 11.8 Å². The van der Waals surface area contributed by atoms with Gasteiger partial charge in [0, 0.05) is 32.6 Å². The van der Waals surface area contributed by atoms with Crippen LogP contribution in [0.15, 0.2) is 24.3 Å². The van der Waals surface area contributed by atoms with E-state index >= 15 is 0 Å². The van der Waals surface area contributed by atoms with Crippen molar-refractivity contribution < 1.29 is 4.79 Å². The Labute approximate surface area is 130 Å². The molecule has 2 heterocycles. The zero-order chi connectivity index (χ0) is 15.5. The van der Waals surface area contributed by atoms with E-state index < -0.39 is 0 Å². The van der Waals surface area contributed by atoms with Gasteiger partial charge in [0.2, 0.25) is 11.9 Å². The van der Waals surface area contributed by atoms with E-state index in [1.54, 1.807) is 0 Å². The number of benzene rings is 1. The number of carbonyl (C=O) groups is 1. The normalized spacial score (nSPS) is 14.4. The Balaban J connectivity index is 1.84. The highest BCUT2D eigenvalue weighted by atomic mass is 16.2. The lowest BCUT2D eigenvalue weighted by Gasteiger charge is -2.22. The number of fused-ring (bicyclic) bond motifs is 1. The quantitative estimate of drug-likeness (QED) is 0.931. The summed E-state index contributed by atoms with van der Waals surface area (Å²) in [5.74, 6) is 1.49. The maximum absolute atomic E-state index is 12.3. The predicted octanol–water partition coefficient (Wildman–Crippen LogP) is 1.73. The molecule has 116 valence electrons. The summed E-state index contributed by atoms with van der Waals surface area (Å²) in [6, 6.07) is 7.86. The molecule has 1 fully saturated rings. The molecule has 2 aromatic rings. The summed E-state index contributed by atoms with van der Waals surface area (Å²) in [5.41, 5.74) is 0.873. The van der Waals surface area contributed by atoms with Crippen molar-refractivity contribution in [1.29, 1.82) is 0 Å². The van der Waals surface area contributed by atoms with Gasteiger partial charge < -0.3 is 15.1 Å². The first-order valence-corrected chi connectivity index (χ1v) is 7.62. The molecule has 22 heavy (non-hydrogen) atoms. The molecule has 1 aromatic heterocycles. The number of amides is 1. The molecule has 1 amide bonds. The highest BCUT2D eigenvalue weighted by molar-refractivity contribution is 5.90. The van der Waals surface area contributed by atoms with Crippen molar-refractivity contribution >= 4 is 28.6 Å². The number of hydrogen-bond acceptors (Lipinski definition) is 5. The van der Waals surface area contributed by atoms with Crippen LogP contribution in [0, 0.1) is 0 Å². The first-order chi connectivity index (χ1) is 10.7. The SMILES string of the molecule is CNc1nc(N(C)CC(=O)N2CCCC2)nc2ccccc12. The van der Waals surface area contributed by atoms with Gasteiger partial charge in [0.25, 0.3) is 0 Å². The summed E-state index contributed by atoms with van der Waals surface area (Å²) in [7, 11) is 3.70. The number of nitrogens with one attached hydrogen (secondary N) is 1. The van der Waals surface area contributed by atoms with E-state index in [2.05, 4.69) is 15.3 Å². The Morgan fingerprint density at radius 3 is 2.73 bits per heavy atom. The standard InChI is InChI=1S/C16H21N5O/c1-17-15-12-7-3-4-8-13(12)18-16(19-15)20(2)11-14(22)21-9-5-6-10-21/h3-4,7-8H,5-6,9-11H2,1-2H3,(H,17,18,19). The number of nitrogens with zero attached hydrogens (tertiary/aromatic N) is 4. The first-order valence-electron chi connectivity index (χ1n) is 7.62. The first kappa shape index (κ1) is 14.6. The van der Waals surface area contributed by atoms with Gasteiger partial charge in [-0.05, 0) is 25.0 Å². The fourth-order valence-corrected chi connectivity index (χ4v) is 2.77. The Morgan fingerprint density at radius 1 is 1.27 bits per heavy atom. The van der Waals surface area contributed by atoms with Crippen molar-refractivity contribution in [2.75, 3.05) is 43.9 Å². The van der Waals surface area contributed by atoms with E-state index in [-0.39, 0.29) is 5.91 Å². The molecule has 6 heteroatoms. The number of rotatable bonds is 4. The van der Waals surface area contributed by atoms with E-state index in [0.29, 0.717) is 12.5 Å². The molecule has 1 aliphatic rings. The molecule has 1 N–H and O–H groups in total. The van der Waals surface area contributed by atoms with Crippen molar-refractivity contribution in [3.63, 3.8) is 0 Å². The molecular formula is C16H21N5O. The number of carbonyl (C=O) groups excluding carboxylic acids is 1. The third-order valence-corrected chi connectivity index (χ3v) is 4.00. The molecule has 0 saturated carbocycles. The van der Waals surface area contributed by atoms with Gasteiger partial charge in [-0.1, -0.05) is 12.1 Å². The molecule has 0 aliphatic carbocycles. The Bertz CT molecular complexity index is 681. The van der Waals surface area contributed by atoms with E-state index in [1.165, 1.54) is 0 Å². The van der Waals surface area contributed by atoms with Crippen LogP contribution in [0.5, 0.6) is 0 Å². The van der Waals surface area contributed by atoms with Crippen LogP contribution in [0.1, 0.15) is 12.8 Å². The van der Waals surface area contributed by atoms with Crippen molar-refractivity contribution in [3.05, 3.63) is 24.3 Å². The van der Waals surface area contributed by atoms with E-state index in [9.17, 15) is 4.79 Å². The molecule has 1 saturated heterocycles. The second kappa shape index (κ2) is 6.17. The summed E-state index contributed by atoms with van der Waals surface area (Å²) in [4.78, 5) is 25.1. The number of para-hydroxylation sites is 1. The van der Waals surface area contributed by atoms with Crippen molar-refractivity contribution in [2.24, 2.45) is 0 Å². The van der Waals surface area contributed by atoms with Crippen molar-refractivity contribution in [3.8, 4) is 0 Å². The molecule has 0 unspecified atom stereocenters. The summed E-state index contributed by atoms with van der Waals surface area (Å²) >= 11 is 0. The highest BCUT2D eigenvalue weighted by Gasteiger charge is 2.20. The van der Waals surface area contributed by atoms with Crippen LogP contribution < -0.4 is 10.2 Å². The topological polar surface area (TPSA) is 61.4 Å². The molecule has 6 nitrogen and oxygen atoms in total. The molecule has 1 aromatic carbocycles. The third kappa shape index (κ3) is 2.81. The number of anilines is 2. The minimum atomic E-state index is 0.141. The molecule has 3 rings (SSSR count). The number of likely N-dealkylation sites (N-methyl/N-ethyl adjacent to an activating group) is 1. The van der Waals surface area contributed by atoms with Crippen LogP contribution in [0.25, 0.3) is 10.9 Å². The Kier molecular flexibility index (Phi) is 4.09. The van der Waals surface area contributed by atoms with Crippen molar-refractivity contribution in [1.82, 2.24) is 14.9 Å². The smallest absolute Gasteiger partial charge is 0.242 e. The summed E-state index contributed by atoms with van der Waals surface area (Å²) in [6.07, 6.45) is 2.21. The largest absolute Gasteiger partial charge is 0.372 e. The second-order valence-electron chi connectivity index (χ2n) is 5.58. The minimum Gasteiger partial charge on any atom is -0.372 e. The molecule has 0 atom stereocenters.